The molecule has 0 aliphatic heterocycles. The van der Waals surface area contributed by atoms with Crippen LogP contribution < -0.4 is 0 Å². The Kier molecular flexibility index (Phi) is 4.66. The third kappa shape index (κ3) is 7.05. The zero-order valence-corrected chi connectivity index (χ0v) is 8.03. The zero-order valence-electron chi connectivity index (χ0n) is 5.00. The molecule has 56 valence electrons. The van der Waals surface area contributed by atoms with Crippen LogP contribution in [0.5, 0.6) is 0 Å². The molecule has 0 aliphatic carbocycles. The first-order chi connectivity index (χ1) is 3.95. The van der Waals surface area contributed by atoms with Crippen molar-refractivity contribution in [3.05, 3.63) is 0 Å². The van der Waals surface area contributed by atoms with Gasteiger partial charge in [0, 0.05) is 11.3 Å². The zero-order chi connectivity index (χ0) is 7.49. The van der Waals surface area contributed by atoms with E-state index in [2.05, 4.69) is 0 Å². The van der Waals surface area contributed by atoms with E-state index in [1.165, 1.54) is 0 Å². The quantitative estimate of drug-likeness (QED) is 0.626. The lowest BCUT2D eigenvalue weighted by Gasteiger charge is -2.14. The summed E-state index contributed by atoms with van der Waals surface area (Å²) >= 11 is 22.3. The average Bonchev–Trinajstić information content (AvgIpc) is 1.62. The molecule has 0 radical (unpaired) electrons. The lowest BCUT2D eigenvalue weighted by molar-refractivity contribution is 0.738. The molecule has 0 unspecified atom stereocenters. The Morgan fingerprint density at radius 3 is 2.00 bits per heavy atom. The molecule has 1 atom stereocenters. The number of hydrogen-bond donors (Lipinski definition) is 0. The highest BCUT2D eigenvalue weighted by Crippen LogP contribution is 2.27. The van der Waals surface area contributed by atoms with Crippen molar-refractivity contribution in [3.8, 4) is 0 Å². The maximum atomic E-state index is 5.65. The smallest absolute Gasteiger partial charge is 0.117 e. The molecule has 0 amide bonds. The molecule has 0 aromatic heterocycles. The van der Waals surface area contributed by atoms with Crippen molar-refractivity contribution >= 4 is 46.4 Å². The highest BCUT2D eigenvalue weighted by atomic mass is 35.5. The SMILES string of the molecule is CC(Cl)(Cl)C[C@H](Cl)CCl. The van der Waals surface area contributed by atoms with Gasteiger partial charge in [0.2, 0.25) is 0 Å². The largest absolute Gasteiger partial charge is 0.125 e. The van der Waals surface area contributed by atoms with Gasteiger partial charge in [-0.15, -0.1) is 46.4 Å². The molecular weight excluding hydrogens is 202 g/mol. The van der Waals surface area contributed by atoms with Gasteiger partial charge in [-0.2, -0.15) is 0 Å². The van der Waals surface area contributed by atoms with Crippen LogP contribution in [-0.2, 0) is 0 Å². The van der Waals surface area contributed by atoms with E-state index in [0.29, 0.717) is 12.3 Å². The monoisotopic (exact) mass is 208 g/mol. The summed E-state index contributed by atoms with van der Waals surface area (Å²) in [6.45, 7) is 1.69. The molecule has 0 fully saturated rings. The second kappa shape index (κ2) is 4.12. The first kappa shape index (κ1) is 10.2. The molecule has 0 nitrogen and oxygen atoms in total. The van der Waals surface area contributed by atoms with E-state index in [1.807, 2.05) is 0 Å². The van der Waals surface area contributed by atoms with Crippen LogP contribution in [0.4, 0.5) is 0 Å². The lowest BCUT2D eigenvalue weighted by Crippen LogP contribution is -2.15. The van der Waals surface area contributed by atoms with Gasteiger partial charge in [0.25, 0.3) is 0 Å². The third-order valence-corrected chi connectivity index (χ3v) is 1.90. The molecule has 0 heterocycles. The molecule has 0 aliphatic rings. The van der Waals surface area contributed by atoms with Crippen LogP contribution >= 0.6 is 46.4 Å². The molecular formula is C5H8Cl4. The van der Waals surface area contributed by atoms with E-state index in [0.717, 1.165) is 0 Å². The second-order valence-electron chi connectivity index (χ2n) is 2.03. The van der Waals surface area contributed by atoms with Gasteiger partial charge in [-0.1, -0.05) is 0 Å². The number of halogens is 4. The van der Waals surface area contributed by atoms with Crippen molar-refractivity contribution in [2.24, 2.45) is 0 Å². The van der Waals surface area contributed by atoms with Crippen LogP contribution in [0.1, 0.15) is 13.3 Å². The Balaban J connectivity index is 3.47. The summed E-state index contributed by atoms with van der Waals surface area (Å²) in [4.78, 5) is 0. The molecule has 0 rings (SSSR count). The predicted octanol–water partition coefficient (Wildman–Crippen LogP) is 3.42. The summed E-state index contributed by atoms with van der Waals surface area (Å²) in [6.07, 6.45) is 0.515. The topological polar surface area (TPSA) is 0 Å². The predicted molar refractivity (Wildman–Crippen MR) is 45.1 cm³/mol. The Bertz CT molecular complexity index is 75.5. The van der Waals surface area contributed by atoms with Gasteiger partial charge < -0.3 is 0 Å². The van der Waals surface area contributed by atoms with E-state index < -0.39 is 4.33 Å². The van der Waals surface area contributed by atoms with Gasteiger partial charge in [0.05, 0.1) is 0 Å². The minimum absolute atomic E-state index is 0.133. The lowest BCUT2D eigenvalue weighted by atomic mass is 10.2. The average molecular weight is 210 g/mol. The Morgan fingerprint density at radius 1 is 1.44 bits per heavy atom. The normalized spacial score (nSPS) is 15.7. The maximum Gasteiger partial charge on any atom is 0.117 e. The van der Waals surface area contributed by atoms with E-state index in [4.69, 9.17) is 46.4 Å². The van der Waals surface area contributed by atoms with Crippen LogP contribution in [0.2, 0.25) is 0 Å². The number of alkyl halides is 4. The van der Waals surface area contributed by atoms with Crippen LogP contribution in [-0.4, -0.2) is 15.6 Å². The third-order valence-electron chi connectivity index (χ3n) is 0.747. The van der Waals surface area contributed by atoms with Crippen molar-refractivity contribution in [1.82, 2.24) is 0 Å². The molecule has 0 bridgehead atoms. The summed E-state index contributed by atoms with van der Waals surface area (Å²) < 4.78 is -0.749. The fourth-order valence-corrected chi connectivity index (χ4v) is 1.39. The minimum Gasteiger partial charge on any atom is -0.125 e. The molecule has 0 N–H and O–H groups in total. The molecule has 0 aromatic carbocycles. The Hall–Kier alpha value is 1.16. The Labute approximate surface area is 75.4 Å². The van der Waals surface area contributed by atoms with Gasteiger partial charge in [0.15, 0.2) is 0 Å². The number of rotatable bonds is 3. The minimum atomic E-state index is -0.749. The van der Waals surface area contributed by atoms with E-state index in [-0.39, 0.29) is 5.38 Å². The molecule has 0 aromatic rings. The first-order valence-corrected chi connectivity index (χ1v) is 4.26. The number of hydrogen-bond acceptors (Lipinski definition) is 0. The Morgan fingerprint density at radius 2 is 1.89 bits per heavy atom. The summed E-state index contributed by atoms with van der Waals surface area (Å²) in [7, 11) is 0. The molecule has 0 spiro atoms. The highest BCUT2D eigenvalue weighted by molar-refractivity contribution is 6.48. The van der Waals surface area contributed by atoms with Crippen LogP contribution in [0.25, 0.3) is 0 Å². The van der Waals surface area contributed by atoms with Crippen LogP contribution in [0.15, 0.2) is 0 Å². The van der Waals surface area contributed by atoms with Gasteiger partial charge in [0.1, 0.15) is 4.33 Å². The van der Waals surface area contributed by atoms with E-state index >= 15 is 0 Å². The van der Waals surface area contributed by atoms with Crippen molar-refractivity contribution in [2.45, 2.75) is 23.1 Å². The standard InChI is InChI=1S/C5H8Cl4/c1-5(8,9)2-4(7)3-6/h4H,2-3H2,1H3/t4-/m0/s1. The summed E-state index contributed by atoms with van der Waals surface area (Å²) in [5.41, 5.74) is 0. The fourth-order valence-electron chi connectivity index (χ4n) is 0.443. The second-order valence-corrected chi connectivity index (χ2v) is 4.81. The molecule has 4 heteroatoms. The van der Waals surface area contributed by atoms with Gasteiger partial charge in [-0.05, 0) is 13.3 Å². The summed E-state index contributed by atoms with van der Waals surface area (Å²) in [5.74, 6) is 0.386. The van der Waals surface area contributed by atoms with Gasteiger partial charge >= 0.3 is 0 Å². The molecule has 0 saturated carbocycles. The van der Waals surface area contributed by atoms with E-state index in [9.17, 15) is 0 Å². The first-order valence-electron chi connectivity index (χ1n) is 2.53. The molecule has 9 heavy (non-hydrogen) atoms. The fraction of sp³-hybridized carbons (Fsp3) is 1.00. The van der Waals surface area contributed by atoms with Crippen LogP contribution in [0.3, 0.4) is 0 Å². The summed E-state index contributed by atoms with van der Waals surface area (Å²) in [5, 5.41) is -0.133. The van der Waals surface area contributed by atoms with Crippen LogP contribution in [0, 0.1) is 0 Å². The molecule has 0 saturated heterocycles. The summed E-state index contributed by atoms with van der Waals surface area (Å²) in [6, 6.07) is 0. The van der Waals surface area contributed by atoms with E-state index in [1.54, 1.807) is 6.92 Å². The maximum absolute atomic E-state index is 5.65. The van der Waals surface area contributed by atoms with Crippen molar-refractivity contribution in [1.29, 1.82) is 0 Å². The highest BCUT2D eigenvalue weighted by Gasteiger charge is 2.20. The van der Waals surface area contributed by atoms with Gasteiger partial charge in [-0.3, -0.25) is 0 Å². The van der Waals surface area contributed by atoms with Crippen molar-refractivity contribution in [2.75, 3.05) is 5.88 Å². The van der Waals surface area contributed by atoms with Crippen molar-refractivity contribution in [3.63, 3.8) is 0 Å². The van der Waals surface area contributed by atoms with Crippen molar-refractivity contribution < 1.29 is 0 Å². The van der Waals surface area contributed by atoms with Gasteiger partial charge in [-0.25, -0.2) is 0 Å².